The van der Waals surface area contributed by atoms with Crippen LogP contribution in [0.4, 0.5) is 0 Å². The van der Waals surface area contributed by atoms with E-state index in [2.05, 4.69) is 0 Å². The second kappa shape index (κ2) is 5.68. The Morgan fingerprint density at radius 2 is 1.89 bits per heavy atom. The minimum absolute atomic E-state index is 0.417. The monoisotopic (exact) mass is 322 g/mol. The highest BCUT2D eigenvalue weighted by Crippen LogP contribution is 2.39. The van der Waals surface area contributed by atoms with Crippen molar-refractivity contribution in [1.82, 2.24) is 0 Å². The smallest absolute Gasteiger partial charge is 0.120 e. The van der Waals surface area contributed by atoms with Crippen molar-refractivity contribution < 1.29 is 9.84 Å². The number of ether oxygens (including phenoxy) is 1. The van der Waals surface area contributed by atoms with Gasteiger partial charge in [0.15, 0.2) is 0 Å². The number of thiophene rings is 1. The largest absolute Gasteiger partial charge is 0.497 e. The average Bonchev–Trinajstić information content (AvgIpc) is 2.67. The predicted octanol–water partition coefficient (Wildman–Crippen LogP) is 4.80. The molecule has 0 aliphatic heterocycles. The number of aliphatic hydroxyl groups is 1. The molecule has 0 radical (unpaired) electrons. The summed E-state index contributed by atoms with van der Waals surface area (Å²) < 4.78 is 6.04. The van der Waals surface area contributed by atoms with Gasteiger partial charge >= 0.3 is 0 Å². The van der Waals surface area contributed by atoms with Crippen LogP contribution < -0.4 is 4.74 Å². The zero-order valence-electron chi connectivity index (χ0n) is 9.28. The van der Waals surface area contributed by atoms with Crippen LogP contribution in [-0.2, 0) is 0 Å². The Balaban J connectivity index is 2.39. The molecule has 0 saturated carbocycles. The SMILES string of the molecule is COc1ccc(C(O)c2cc(Cl)sc2Cl)c(Cl)c1. The molecule has 1 aromatic carbocycles. The highest BCUT2D eigenvalue weighted by molar-refractivity contribution is 7.20. The Hall–Kier alpha value is -0.450. The molecule has 1 heterocycles. The summed E-state index contributed by atoms with van der Waals surface area (Å²) >= 11 is 19.2. The number of hydrogen-bond acceptors (Lipinski definition) is 3. The van der Waals surface area contributed by atoms with Crippen LogP contribution in [0.15, 0.2) is 24.3 Å². The third-order valence-electron chi connectivity index (χ3n) is 2.48. The Kier molecular flexibility index (Phi) is 4.41. The van der Waals surface area contributed by atoms with Crippen LogP contribution in [0.25, 0.3) is 0 Å². The molecular weight excluding hydrogens is 315 g/mol. The standard InChI is InChI=1S/C12H9Cl3O2S/c1-17-6-2-3-7(9(13)4-6)11(16)8-5-10(14)18-12(8)15/h2-5,11,16H,1H3. The van der Waals surface area contributed by atoms with Crippen LogP contribution in [0.1, 0.15) is 17.2 Å². The first-order chi connectivity index (χ1) is 8.52. The number of benzene rings is 1. The molecule has 2 nitrogen and oxygen atoms in total. The van der Waals surface area contributed by atoms with E-state index in [0.717, 1.165) is 0 Å². The summed E-state index contributed by atoms with van der Waals surface area (Å²) in [5.41, 5.74) is 1.12. The van der Waals surface area contributed by atoms with E-state index in [-0.39, 0.29) is 0 Å². The summed E-state index contributed by atoms with van der Waals surface area (Å²) in [7, 11) is 1.55. The molecule has 18 heavy (non-hydrogen) atoms. The van der Waals surface area contributed by atoms with E-state index in [1.807, 2.05) is 0 Å². The molecule has 0 fully saturated rings. The first-order valence-corrected chi connectivity index (χ1v) is 6.94. The van der Waals surface area contributed by atoms with Crippen molar-refractivity contribution in [2.45, 2.75) is 6.10 Å². The summed E-state index contributed by atoms with van der Waals surface area (Å²) in [4.78, 5) is 0. The van der Waals surface area contributed by atoms with Crippen LogP contribution in [0, 0.1) is 0 Å². The van der Waals surface area contributed by atoms with E-state index < -0.39 is 6.10 Å². The number of rotatable bonds is 3. The van der Waals surface area contributed by atoms with Gasteiger partial charge in [-0.15, -0.1) is 11.3 Å². The van der Waals surface area contributed by atoms with Crippen LogP contribution in [0.3, 0.4) is 0 Å². The third-order valence-corrected chi connectivity index (χ3v) is 4.33. The molecule has 0 aliphatic rings. The highest BCUT2D eigenvalue weighted by atomic mass is 35.5. The number of hydrogen-bond donors (Lipinski definition) is 1. The normalized spacial score (nSPS) is 12.5. The lowest BCUT2D eigenvalue weighted by Gasteiger charge is -2.13. The molecule has 1 aromatic heterocycles. The molecule has 0 bridgehead atoms. The molecular formula is C12H9Cl3O2S. The number of methoxy groups -OCH3 is 1. The van der Waals surface area contributed by atoms with Crippen molar-refractivity contribution in [2.24, 2.45) is 0 Å². The van der Waals surface area contributed by atoms with E-state index in [0.29, 0.717) is 30.6 Å². The molecule has 1 atom stereocenters. The minimum atomic E-state index is -0.903. The van der Waals surface area contributed by atoms with Gasteiger partial charge in [-0.05, 0) is 18.2 Å². The fourth-order valence-electron chi connectivity index (χ4n) is 1.56. The van der Waals surface area contributed by atoms with Gasteiger partial charge in [0.25, 0.3) is 0 Å². The number of halogens is 3. The first kappa shape index (κ1) is 14.0. The second-order valence-corrected chi connectivity index (χ2v) is 6.26. The summed E-state index contributed by atoms with van der Waals surface area (Å²) in [6.45, 7) is 0. The molecule has 96 valence electrons. The van der Waals surface area contributed by atoms with Gasteiger partial charge in [-0.2, -0.15) is 0 Å². The Labute approximate surface area is 124 Å². The van der Waals surface area contributed by atoms with E-state index in [1.165, 1.54) is 11.3 Å². The van der Waals surface area contributed by atoms with Crippen molar-refractivity contribution in [2.75, 3.05) is 7.11 Å². The maximum atomic E-state index is 10.3. The molecule has 0 aliphatic carbocycles. The molecule has 2 aromatic rings. The zero-order chi connectivity index (χ0) is 13.3. The maximum Gasteiger partial charge on any atom is 0.120 e. The van der Waals surface area contributed by atoms with Crippen molar-refractivity contribution in [1.29, 1.82) is 0 Å². The van der Waals surface area contributed by atoms with Gasteiger partial charge in [-0.25, -0.2) is 0 Å². The maximum absolute atomic E-state index is 10.3. The number of aliphatic hydroxyl groups excluding tert-OH is 1. The van der Waals surface area contributed by atoms with Crippen LogP contribution in [-0.4, -0.2) is 12.2 Å². The van der Waals surface area contributed by atoms with E-state index in [4.69, 9.17) is 39.5 Å². The lowest BCUT2D eigenvalue weighted by Crippen LogP contribution is -2.00. The molecule has 0 spiro atoms. The average molecular weight is 324 g/mol. The van der Waals surface area contributed by atoms with Crippen LogP contribution >= 0.6 is 46.1 Å². The fraction of sp³-hybridized carbons (Fsp3) is 0.167. The van der Waals surface area contributed by atoms with Gasteiger partial charge in [0.2, 0.25) is 0 Å². The quantitative estimate of drug-likeness (QED) is 0.879. The molecule has 1 unspecified atom stereocenters. The van der Waals surface area contributed by atoms with E-state index in [1.54, 1.807) is 31.4 Å². The van der Waals surface area contributed by atoms with Gasteiger partial charge in [0.1, 0.15) is 16.2 Å². The fourth-order valence-corrected chi connectivity index (χ4v) is 3.36. The summed E-state index contributed by atoms with van der Waals surface area (Å²) in [5.74, 6) is 0.630. The van der Waals surface area contributed by atoms with E-state index >= 15 is 0 Å². The summed E-state index contributed by atoms with van der Waals surface area (Å²) in [5, 5.41) is 10.7. The Morgan fingerprint density at radius 1 is 1.17 bits per heavy atom. The predicted molar refractivity (Wildman–Crippen MR) is 76.4 cm³/mol. The molecule has 2 rings (SSSR count). The summed E-state index contributed by atoms with van der Waals surface area (Å²) in [6.07, 6.45) is -0.903. The minimum Gasteiger partial charge on any atom is -0.497 e. The van der Waals surface area contributed by atoms with E-state index in [9.17, 15) is 5.11 Å². The summed E-state index contributed by atoms with van der Waals surface area (Å²) in [6, 6.07) is 6.71. The first-order valence-electron chi connectivity index (χ1n) is 4.99. The van der Waals surface area contributed by atoms with Gasteiger partial charge in [-0.1, -0.05) is 40.9 Å². The highest BCUT2D eigenvalue weighted by Gasteiger charge is 2.19. The van der Waals surface area contributed by atoms with Gasteiger partial charge < -0.3 is 9.84 Å². The lowest BCUT2D eigenvalue weighted by molar-refractivity contribution is 0.221. The zero-order valence-corrected chi connectivity index (χ0v) is 12.4. The van der Waals surface area contributed by atoms with Crippen LogP contribution in [0.2, 0.25) is 13.7 Å². The topological polar surface area (TPSA) is 29.5 Å². The lowest BCUT2D eigenvalue weighted by atomic mass is 10.0. The third kappa shape index (κ3) is 2.76. The molecule has 0 saturated heterocycles. The van der Waals surface area contributed by atoms with Gasteiger partial charge in [0, 0.05) is 11.1 Å². The second-order valence-electron chi connectivity index (χ2n) is 3.57. The van der Waals surface area contributed by atoms with Gasteiger partial charge in [0.05, 0.1) is 16.5 Å². The molecule has 0 amide bonds. The van der Waals surface area contributed by atoms with Crippen molar-refractivity contribution >= 4 is 46.1 Å². The van der Waals surface area contributed by atoms with Gasteiger partial charge in [-0.3, -0.25) is 0 Å². The Morgan fingerprint density at radius 3 is 2.39 bits per heavy atom. The van der Waals surface area contributed by atoms with Crippen LogP contribution in [0.5, 0.6) is 5.75 Å². The van der Waals surface area contributed by atoms with Crippen molar-refractivity contribution in [3.63, 3.8) is 0 Å². The van der Waals surface area contributed by atoms with Crippen molar-refractivity contribution in [3.05, 3.63) is 49.1 Å². The van der Waals surface area contributed by atoms with Crippen molar-refractivity contribution in [3.8, 4) is 5.75 Å². The molecule has 1 N–H and O–H groups in total. The molecule has 6 heteroatoms. The Bertz CT molecular complexity index is 568.